The second-order valence-corrected chi connectivity index (χ2v) is 4.28. The summed E-state index contributed by atoms with van der Waals surface area (Å²) >= 11 is 0. The molecular weight excluding hydrogens is 253 g/mol. The van der Waals surface area contributed by atoms with Crippen molar-refractivity contribution >= 4 is 6.98 Å². The predicted octanol–water partition coefficient (Wildman–Crippen LogP) is -0.522. The fourth-order valence-electron chi connectivity index (χ4n) is 2.19. The van der Waals surface area contributed by atoms with Gasteiger partial charge in [0.25, 0.3) is 0 Å². The number of hydrogen-bond acceptors (Lipinski definition) is 1. The van der Waals surface area contributed by atoms with Crippen LogP contribution in [-0.4, -0.2) is 31.4 Å². The normalized spacial score (nSPS) is 16.9. The minimum Gasteiger partial charge on any atom is -0.448 e. The molecule has 1 aliphatic rings. The van der Waals surface area contributed by atoms with E-state index in [1.54, 1.807) is 0 Å². The van der Waals surface area contributed by atoms with Crippen LogP contribution in [0.2, 0.25) is 0 Å². The molecule has 0 aromatic heterocycles. The van der Waals surface area contributed by atoms with Gasteiger partial charge in [-0.1, -0.05) is 24.3 Å². The summed E-state index contributed by atoms with van der Waals surface area (Å²) in [5.74, 6) is 0. The van der Waals surface area contributed by atoms with Crippen LogP contribution in [0.25, 0.3) is 0 Å². The molecule has 6 heteroatoms. The Kier molecular flexibility index (Phi) is 6.22. The second kappa shape index (κ2) is 6.73. The van der Waals surface area contributed by atoms with Crippen LogP contribution in [0.5, 0.6) is 0 Å². The molecule has 1 aromatic carbocycles. The number of fused-ring (bicyclic) bond motifs is 1. The topological polar surface area (TPSA) is 3.24 Å². The van der Waals surface area contributed by atoms with Crippen LogP contribution in [0.15, 0.2) is 24.3 Å². The van der Waals surface area contributed by atoms with E-state index in [0.29, 0.717) is 13.1 Å². The molecule has 1 heterocycles. The van der Waals surface area contributed by atoms with E-state index in [0.717, 1.165) is 12.8 Å². The van der Waals surface area contributed by atoms with Crippen LogP contribution in [-0.2, 0) is 12.8 Å². The zero-order valence-electron chi connectivity index (χ0n) is 10.0. The van der Waals surface area contributed by atoms with Crippen molar-refractivity contribution < 1.29 is 64.3 Å². The largest absolute Gasteiger partial charge is 1.00 e. The smallest absolute Gasteiger partial charge is 0.448 e. The summed E-state index contributed by atoms with van der Waals surface area (Å²) in [6.07, 6.45) is 0.721. The summed E-state index contributed by atoms with van der Waals surface area (Å²) in [6, 6.07) is 7.92. The van der Waals surface area contributed by atoms with Gasteiger partial charge in [-0.25, -0.2) is 0 Å². The van der Waals surface area contributed by atoms with Crippen molar-refractivity contribution in [3.8, 4) is 0 Å². The first-order chi connectivity index (χ1) is 7.54. The van der Waals surface area contributed by atoms with Crippen LogP contribution in [0.4, 0.5) is 12.9 Å². The van der Waals surface area contributed by atoms with Crippen LogP contribution in [0.3, 0.4) is 0 Å². The number of nitrogens with zero attached hydrogens (tertiary/aromatic N) is 1. The number of hydrogen-bond donors (Lipinski definition) is 0. The van der Waals surface area contributed by atoms with Crippen LogP contribution < -0.4 is 51.4 Å². The molecular formula is C11H14BF3KN. The number of benzene rings is 1. The standard InChI is InChI=1S/C11H14BF3N.K/c13-12(14,15)9-16-7-5-10-3-1-2-4-11(10)6-8-16;/h1-4H,5-9H2;/q-1;+1. The van der Waals surface area contributed by atoms with Gasteiger partial charge in [-0.05, 0) is 43.5 Å². The van der Waals surface area contributed by atoms with E-state index in [-0.39, 0.29) is 51.4 Å². The van der Waals surface area contributed by atoms with Gasteiger partial charge in [0.05, 0.1) is 0 Å². The van der Waals surface area contributed by atoms with Crippen LogP contribution in [0.1, 0.15) is 11.1 Å². The molecule has 1 nitrogen and oxygen atoms in total. The van der Waals surface area contributed by atoms with Gasteiger partial charge in [-0.15, -0.1) is 0 Å². The molecule has 2 rings (SSSR count). The van der Waals surface area contributed by atoms with Gasteiger partial charge in [0.15, 0.2) is 0 Å². The Morgan fingerprint density at radius 2 is 1.47 bits per heavy atom. The van der Waals surface area contributed by atoms with Gasteiger partial charge >= 0.3 is 58.4 Å². The van der Waals surface area contributed by atoms with Crippen molar-refractivity contribution in [2.75, 3.05) is 19.5 Å². The average molecular weight is 267 g/mol. The molecule has 0 unspecified atom stereocenters. The summed E-state index contributed by atoms with van der Waals surface area (Å²) in [6.45, 7) is -3.67. The fraction of sp³-hybridized carbons (Fsp3) is 0.455. The third-order valence-electron chi connectivity index (χ3n) is 2.98. The van der Waals surface area contributed by atoms with E-state index in [1.807, 2.05) is 24.3 Å². The van der Waals surface area contributed by atoms with E-state index < -0.39 is 13.4 Å². The Balaban J connectivity index is 0.00000144. The van der Waals surface area contributed by atoms with Gasteiger partial charge in [-0.2, -0.15) is 0 Å². The molecule has 0 fully saturated rings. The van der Waals surface area contributed by atoms with Gasteiger partial charge in [0.2, 0.25) is 0 Å². The molecule has 0 amide bonds. The van der Waals surface area contributed by atoms with Crippen molar-refractivity contribution in [3.63, 3.8) is 0 Å². The summed E-state index contributed by atoms with van der Waals surface area (Å²) in [4.78, 5) is 1.51. The first-order valence-electron chi connectivity index (χ1n) is 5.55. The van der Waals surface area contributed by atoms with Crippen molar-refractivity contribution in [2.24, 2.45) is 0 Å². The Morgan fingerprint density at radius 3 is 1.88 bits per heavy atom. The predicted molar refractivity (Wildman–Crippen MR) is 59.4 cm³/mol. The van der Waals surface area contributed by atoms with Crippen molar-refractivity contribution in [1.29, 1.82) is 0 Å². The molecule has 1 aliphatic heterocycles. The fourth-order valence-corrected chi connectivity index (χ4v) is 2.19. The van der Waals surface area contributed by atoms with Gasteiger partial charge < -0.3 is 17.8 Å². The Labute approximate surface area is 142 Å². The summed E-state index contributed by atoms with van der Waals surface area (Å²) in [5, 5.41) is 0. The summed E-state index contributed by atoms with van der Waals surface area (Å²) < 4.78 is 37.0. The molecule has 0 saturated heterocycles. The summed E-state index contributed by atoms with van der Waals surface area (Å²) in [7, 11) is 0. The molecule has 17 heavy (non-hydrogen) atoms. The van der Waals surface area contributed by atoms with Crippen LogP contribution >= 0.6 is 0 Å². The number of halogens is 3. The third-order valence-corrected chi connectivity index (χ3v) is 2.98. The molecule has 0 atom stereocenters. The third kappa shape index (κ3) is 5.04. The molecule has 0 saturated carbocycles. The van der Waals surface area contributed by atoms with E-state index in [2.05, 4.69) is 0 Å². The monoisotopic (exact) mass is 267 g/mol. The maximum Gasteiger partial charge on any atom is 1.00 e. The van der Waals surface area contributed by atoms with E-state index in [9.17, 15) is 12.9 Å². The van der Waals surface area contributed by atoms with Crippen LogP contribution in [0, 0.1) is 0 Å². The molecule has 0 radical (unpaired) electrons. The van der Waals surface area contributed by atoms with Gasteiger partial charge in [0.1, 0.15) is 0 Å². The van der Waals surface area contributed by atoms with E-state index >= 15 is 0 Å². The van der Waals surface area contributed by atoms with Crippen molar-refractivity contribution in [1.82, 2.24) is 4.90 Å². The maximum atomic E-state index is 12.3. The molecule has 0 spiro atoms. The van der Waals surface area contributed by atoms with Crippen molar-refractivity contribution in [2.45, 2.75) is 12.8 Å². The van der Waals surface area contributed by atoms with E-state index in [1.165, 1.54) is 16.0 Å². The summed E-state index contributed by atoms with van der Waals surface area (Å²) in [5.41, 5.74) is 2.39. The molecule has 0 bridgehead atoms. The first-order valence-corrected chi connectivity index (χ1v) is 5.55. The van der Waals surface area contributed by atoms with Gasteiger partial charge in [-0.3, -0.25) is 0 Å². The zero-order valence-corrected chi connectivity index (χ0v) is 13.1. The molecule has 1 aromatic rings. The minimum atomic E-state index is -4.70. The zero-order chi connectivity index (χ0) is 11.6. The Morgan fingerprint density at radius 1 is 1.00 bits per heavy atom. The van der Waals surface area contributed by atoms with E-state index in [4.69, 9.17) is 0 Å². The second-order valence-electron chi connectivity index (χ2n) is 4.28. The number of rotatable bonds is 2. The average Bonchev–Trinajstić information content (AvgIpc) is 2.39. The maximum absolute atomic E-state index is 12.3. The van der Waals surface area contributed by atoms with Gasteiger partial charge in [0, 0.05) is 0 Å². The van der Waals surface area contributed by atoms with Crippen molar-refractivity contribution in [3.05, 3.63) is 35.4 Å². The SMILES string of the molecule is F[B-](F)(F)CN1CCc2ccccc2CC1.[K+]. The first kappa shape index (κ1) is 15.7. The molecule has 88 valence electrons. The molecule has 0 N–H and O–H groups in total. The minimum absolute atomic E-state index is 0. The quantitative estimate of drug-likeness (QED) is 0.652. The Hall–Kier alpha value is 0.671. The molecule has 0 aliphatic carbocycles. The Bertz CT molecular complexity index is 343.